The summed E-state index contributed by atoms with van der Waals surface area (Å²) in [5, 5.41) is 12.9. The van der Waals surface area contributed by atoms with Crippen LogP contribution in [0.5, 0.6) is 0 Å². The summed E-state index contributed by atoms with van der Waals surface area (Å²) in [6.07, 6.45) is -7.54. The van der Waals surface area contributed by atoms with E-state index >= 15 is 0 Å². The highest BCUT2D eigenvalue weighted by atomic mass is 19.4. The molecular formula is C31H21F6N3O2. The zero-order valence-corrected chi connectivity index (χ0v) is 21.6. The SMILES string of the molecule is O=C(O)c1cnn(-c2cccc(-c3ccccc3CCc3ccc(-c4ccc(C(F)(F)F)cc4)cc3)n2)c1C(F)(F)F. The molecule has 0 aliphatic heterocycles. The van der Waals surface area contributed by atoms with Gasteiger partial charge in [-0.15, -0.1) is 0 Å². The first kappa shape index (κ1) is 28.6. The number of alkyl halides is 6. The van der Waals surface area contributed by atoms with E-state index in [1.54, 1.807) is 18.2 Å². The Kier molecular flexibility index (Phi) is 7.59. The highest BCUT2D eigenvalue weighted by molar-refractivity contribution is 5.89. The highest BCUT2D eigenvalue weighted by Gasteiger charge is 2.41. The Morgan fingerprint density at radius 3 is 2.00 bits per heavy atom. The van der Waals surface area contributed by atoms with Crippen molar-refractivity contribution in [3.63, 3.8) is 0 Å². The lowest BCUT2D eigenvalue weighted by Crippen LogP contribution is -2.18. The molecule has 0 aliphatic carbocycles. The van der Waals surface area contributed by atoms with Crippen molar-refractivity contribution in [2.45, 2.75) is 25.2 Å². The number of aromatic nitrogens is 3. The number of aromatic carboxylic acids is 1. The van der Waals surface area contributed by atoms with Crippen LogP contribution >= 0.6 is 0 Å². The number of carbonyl (C=O) groups is 1. The Morgan fingerprint density at radius 1 is 0.738 bits per heavy atom. The molecule has 5 nitrogen and oxygen atoms in total. The third-order valence-electron chi connectivity index (χ3n) is 6.70. The smallest absolute Gasteiger partial charge is 0.434 e. The van der Waals surface area contributed by atoms with Crippen LogP contribution in [-0.2, 0) is 25.2 Å². The number of nitrogens with zero attached hydrogens (tertiary/aromatic N) is 3. The summed E-state index contributed by atoms with van der Waals surface area (Å²) in [5.41, 5.74) is 1.28. The predicted molar refractivity (Wildman–Crippen MR) is 143 cm³/mol. The normalized spacial score (nSPS) is 12.0. The van der Waals surface area contributed by atoms with E-state index in [1.165, 1.54) is 24.3 Å². The van der Waals surface area contributed by atoms with E-state index in [9.17, 15) is 36.2 Å². The van der Waals surface area contributed by atoms with Gasteiger partial charge in [0.15, 0.2) is 11.5 Å². The first-order valence-electron chi connectivity index (χ1n) is 12.6. The second-order valence-electron chi connectivity index (χ2n) is 9.43. The molecule has 2 aromatic heterocycles. The lowest BCUT2D eigenvalue weighted by Gasteiger charge is -2.13. The lowest BCUT2D eigenvalue weighted by atomic mass is 9.96. The van der Waals surface area contributed by atoms with Gasteiger partial charge in [-0.05, 0) is 59.4 Å². The van der Waals surface area contributed by atoms with Crippen LogP contribution in [0.3, 0.4) is 0 Å². The molecule has 11 heteroatoms. The van der Waals surface area contributed by atoms with Gasteiger partial charge in [0.05, 0.1) is 17.5 Å². The fourth-order valence-corrected chi connectivity index (χ4v) is 4.63. The highest BCUT2D eigenvalue weighted by Crippen LogP contribution is 2.34. The van der Waals surface area contributed by atoms with Gasteiger partial charge >= 0.3 is 18.3 Å². The fraction of sp³-hybridized carbons (Fsp3) is 0.129. The number of carboxylic acid groups (broad SMARTS) is 1. The number of hydrogen-bond donors (Lipinski definition) is 1. The molecule has 5 aromatic rings. The summed E-state index contributed by atoms with van der Waals surface area (Å²) in [7, 11) is 0. The molecule has 0 radical (unpaired) electrons. The molecule has 2 heterocycles. The molecule has 5 rings (SSSR count). The van der Waals surface area contributed by atoms with Gasteiger partial charge < -0.3 is 5.11 Å². The summed E-state index contributed by atoms with van der Waals surface area (Å²) in [6.45, 7) is 0. The van der Waals surface area contributed by atoms with E-state index in [2.05, 4.69) is 10.1 Å². The standard InChI is InChI=1S/C31H21F6N3O2/c32-30(33,34)23-16-14-21(15-17-23)20-11-8-19(9-12-20)10-13-22-4-1-2-5-24(22)26-6-3-7-27(39-26)40-28(31(35,36)37)25(18-38-40)29(41)42/h1-9,11-12,14-18H,10,13H2,(H,41,42). The van der Waals surface area contributed by atoms with Crippen molar-refractivity contribution in [1.29, 1.82) is 0 Å². The van der Waals surface area contributed by atoms with Crippen LogP contribution in [-0.4, -0.2) is 25.8 Å². The molecule has 1 N–H and O–H groups in total. The summed E-state index contributed by atoms with van der Waals surface area (Å²) in [4.78, 5) is 15.7. The Bertz CT molecular complexity index is 1720. The second-order valence-corrected chi connectivity index (χ2v) is 9.43. The van der Waals surface area contributed by atoms with Crippen LogP contribution < -0.4 is 0 Å². The van der Waals surface area contributed by atoms with Gasteiger partial charge in [0.1, 0.15) is 5.56 Å². The number of hydrogen-bond acceptors (Lipinski definition) is 3. The number of pyridine rings is 1. The molecular weight excluding hydrogens is 560 g/mol. The first-order chi connectivity index (χ1) is 19.9. The Balaban J connectivity index is 1.36. The van der Waals surface area contributed by atoms with Gasteiger partial charge in [-0.1, -0.05) is 66.7 Å². The largest absolute Gasteiger partial charge is 0.478 e. The van der Waals surface area contributed by atoms with Gasteiger partial charge in [0.25, 0.3) is 0 Å². The molecule has 0 spiro atoms. The van der Waals surface area contributed by atoms with Crippen molar-refractivity contribution in [2.75, 3.05) is 0 Å². The molecule has 0 amide bonds. The molecule has 0 fully saturated rings. The number of carboxylic acids is 1. The molecule has 42 heavy (non-hydrogen) atoms. The van der Waals surface area contributed by atoms with E-state index in [1.807, 2.05) is 36.4 Å². The number of halogens is 6. The summed E-state index contributed by atoms with van der Waals surface area (Å²) >= 11 is 0. The number of rotatable bonds is 7. The first-order valence-corrected chi connectivity index (χ1v) is 12.6. The van der Waals surface area contributed by atoms with Crippen LogP contribution in [0, 0.1) is 0 Å². The number of benzene rings is 3. The zero-order valence-electron chi connectivity index (χ0n) is 21.6. The summed E-state index contributed by atoms with van der Waals surface area (Å²) in [5.74, 6) is -1.93. The predicted octanol–water partition coefficient (Wildman–Crippen LogP) is 8.12. The third kappa shape index (κ3) is 6.04. The quantitative estimate of drug-likeness (QED) is 0.197. The number of aryl methyl sites for hydroxylation is 2. The van der Waals surface area contributed by atoms with E-state index < -0.39 is 35.1 Å². The molecule has 0 bridgehead atoms. The minimum absolute atomic E-state index is 0.180. The molecule has 0 saturated carbocycles. The molecule has 0 saturated heterocycles. The topological polar surface area (TPSA) is 68.0 Å². The van der Waals surface area contributed by atoms with Crippen molar-refractivity contribution in [3.05, 3.63) is 125 Å². The average Bonchev–Trinajstić information content (AvgIpc) is 3.43. The maximum atomic E-state index is 13.7. The third-order valence-corrected chi connectivity index (χ3v) is 6.70. The minimum atomic E-state index is -4.97. The van der Waals surface area contributed by atoms with Gasteiger partial charge in [-0.25, -0.2) is 14.5 Å². The fourth-order valence-electron chi connectivity index (χ4n) is 4.63. The minimum Gasteiger partial charge on any atom is -0.478 e. The van der Waals surface area contributed by atoms with Crippen molar-refractivity contribution in [1.82, 2.24) is 14.8 Å². The van der Waals surface area contributed by atoms with E-state index in [0.29, 0.717) is 40.5 Å². The van der Waals surface area contributed by atoms with Crippen LogP contribution in [0.4, 0.5) is 26.3 Å². The maximum absolute atomic E-state index is 13.7. The van der Waals surface area contributed by atoms with Crippen molar-refractivity contribution in [3.8, 4) is 28.2 Å². The monoisotopic (exact) mass is 581 g/mol. The van der Waals surface area contributed by atoms with Crippen LogP contribution in [0.25, 0.3) is 28.2 Å². The van der Waals surface area contributed by atoms with E-state index in [0.717, 1.165) is 28.8 Å². The van der Waals surface area contributed by atoms with E-state index in [-0.39, 0.29) is 5.82 Å². The molecule has 3 aromatic carbocycles. The van der Waals surface area contributed by atoms with Crippen molar-refractivity contribution in [2.24, 2.45) is 0 Å². The van der Waals surface area contributed by atoms with Crippen LogP contribution in [0.15, 0.2) is 97.2 Å². The molecule has 0 atom stereocenters. The zero-order chi connectivity index (χ0) is 30.1. The average molecular weight is 582 g/mol. The van der Waals surface area contributed by atoms with Gasteiger partial charge in [0.2, 0.25) is 0 Å². The van der Waals surface area contributed by atoms with Crippen LogP contribution in [0.1, 0.15) is 32.7 Å². The van der Waals surface area contributed by atoms with Crippen molar-refractivity contribution >= 4 is 5.97 Å². The summed E-state index contributed by atoms with van der Waals surface area (Å²) < 4.78 is 80.2. The van der Waals surface area contributed by atoms with E-state index in [4.69, 9.17) is 0 Å². The summed E-state index contributed by atoms with van der Waals surface area (Å²) in [6, 6.07) is 24.2. The Labute approximate surface area is 235 Å². The Morgan fingerprint density at radius 2 is 1.38 bits per heavy atom. The van der Waals surface area contributed by atoms with Gasteiger partial charge in [-0.2, -0.15) is 31.4 Å². The molecule has 214 valence electrons. The van der Waals surface area contributed by atoms with Gasteiger partial charge in [0, 0.05) is 5.56 Å². The van der Waals surface area contributed by atoms with Crippen LogP contribution in [0.2, 0.25) is 0 Å². The van der Waals surface area contributed by atoms with Crippen molar-refractivity contribution < 1.29 is 36.2 Å². The molecule has 0 aliphatic rings. The lowest BCUT2D eigenvalue weighted by molar-refractivity contribution is -0.143. The Hall–Kier alpha value is -4.93. The molecule has 0 unspecified atom stereocenters. The maximum Gasteiger partial charge on any atom is 0.434 e. The van der Waals surface area contributed by atoms with Gasteiger partial charge in [-0.3, -0.25) is 0 Å². The second kappa shape index (κ2) is 11.2.